The summed E-state index contributed by atoms with van der Waals surface area (Å²) in [5.41, 5.74) is 1.77. The summed E-state index contributed by atoms with van der Waals surface area (Å²) in [6.45, 7) is 1.91. The molecule has 0 amide bonds. The molecule has 1 aromatic heterocycles. The lowest BCUT2D eigenvalue weighted by atomic mass is 9.97. The van der Waals surface area contributed by atoms with E-state index < -0.39 is 10.8 Å². The molecule has 1 unspecified atom stereocenters. The fourth-order valence-corrected chi connectivity index (χ4v) is 2.98. The Morgan fingerprint density at radius 3 is 2.70 bits per heavy atom. The van der Waals surface area contributed by atoms with Gasteiger partial charge < -0.3 is 13.9 Å². The van der Waals surface area contributed by atoms with E-state index in [9.17, 15) is 14.9 Å². The molecule has 1 heterocycles. The lowest BCUT2D eigenvalue weighted by molar-refractivity contribution is -0.385. The van der Waals surface area contributed by atoms with Gasteiger partial charge in [-0.2, -0.15) is 0 Å². The van der Waals surface area contributed by atoms with Crippen LogP contribution in [0, 0.1) is 17.0 Å². The first-order chi connectivity index (χ1) is 12.9. The first kappa shape index (κ1) is 18.6. The maximum atomic E-state index is 11.7. The zero-order valence-electron chi connectivity index (χ0n) is 14.5. The number of aryl methyl sites for hydroxylation is 1. The van der Waals surface area contributed by atoms with Crippen molar-refractivity contribution >= 4 is 23.6 Å². The van der Waals surface area contributed by atoms with Crippen LogP contribution in [0.5, 0.6) is 5.75 Å². The molecule has 3 rings (SSSR count). The Bertz CT molecular complexity index is 1020. The van der Waals surface area contributed by atoms with Crippen LogP contribution < -0.4 is 4.74 Å². The molecule has 0 N–H and O–H groups in total. The Kier molecular flexibility index (Phi) is 5.23. The minimum atomic E-state index is -0.871. The predicted octanol–water partition coefficient (Wildman–Crippen LogP) is 4.55. The van der Waals surface area contributed by atoms with Gasteiger partial charge in [0.05, 0.1) is 40.8 Å². The highest BCUT2D eigenvalue weighted by Gasteiger charge is 2.23. The number of nitrogens with zero attached hydrogens (tertiary/aromatic N) is 2. The van der Waals surface area contributed by atoms with Crippen molar-refractivity contribution in [2.45, 2.75) is 12.8 Å². The van der Waals surface area contributed by atoms with Gasteiger partial charge in [0.25, 0.3) is 5.69 Å². The standard InChI is InChI=1S/C19H15ClN2O5/c1-11-3-4-15(17(20)5-11)19-21-9-18(27-19)16(10-23)12-6-13(22(24)25)8-14(7-12)26-2/h3-10,16H,1-2H3. The molecule has 0 saturated heterocycles. The quantitative estimate of drug-likeness (QED) is 0.350. The SMILES string of the molecule is COc1cc(C(C=O)c2cnc(-c3ccc(C)cc3Cl)o2)cc([N+](=O)[O-])c1. The molecule has 0 radical (unpaired) electrons. The summed E-state index contributed by atoms with van der Waals surface area (Å²) in [7, 11) is 1.39. The lowest BCUT2D eigenvalue weighted by Gasteiger charge is -2.09. The summed E-state index contributed by atoms with van der Waals surface area (Å²) in [6.07, 6.45) is 2.05. The molecule has 0 aliphatic carbocycles. The number of carbonyl (C=O) groups is 1. The summed E-state index contributed by atoms with van der Waals surface area (Å²) in [5, 5.41) is 11.6. The van der Waals surface area contributed by atoms with Gasteiger partial charge in [-0.3, -0.25) is 10.1 Å². The van der Waals surface area contributed by atoms with Crippen molar-refractivity contribution in [2.75, 3.05) is 7.11 Å². The number of hydrogen-bond acceptors (Lipinski definition) is 6. The van der Waals surface area contributed by atoms with E-state index in [1.165, 1.54) is 25.4 Å². The highest BCUT2D eigenvalue weighted by Crippen LogP contribution is 2.34. The Balaban J connectivity index is 2.02. The molecule has 138 valence electrons. The van der Waals surface area contributed by atoms with Crippen LogP contribution in [0.1, 0.15) is 22.8 Å². The van der Waals surface area contributed by atoms with Crippen LogP contribution >= 0.6 is 11.6 Å². The Hall–Kier alpha value is -3.19. The number of methoxy groups -OCH3 is 1. The topological polar surface area (TPSA) is 95.5 Å². The van der Waals surface area contributed by atoms with Crippen molar-refractivity contribution in [1.82, 2.24) is 4.98 Å². The fourth-order valence-electron chi connectivity index (χ4n) is 2.67. The van der Waals surface area contributed by atoms with E-state index in [2.05, 4.69) is 4.98 Å². The van der Waals surface area contributed by atoms with Gasteiger partial charge in [-0.25, -0.2) is 4.98 Å². The van der Waals surface area contributed by atoms with Crippen LogP contribution in [-0.2, 0) is 4.79 Å². The minimum Gasteiger partial charge on any atom is -0.496 e. The molecule has 7 nitrogen and oxygen atoms in total. The molecule has 27 heavy (non-hydrogen) atoms. The molecule has 0 saturated carbocycles. The molecule has 0 aliphatic heterocycles. The number of ether oxygens (including phenoxy) is 1. The zero-order valence-corrected chi connectivity index (χ0v) is 15.3. The molecule has 0 bridgehead atoms. The minimum absolute atomic E-state index is 0.183. The summed E-state index contributed by atoms with van der Waals surface area (Å²) in [6, 6.07) is 9.57. The summed E-state index contributed by atoms with van der Waals surface area (Å²) < 4.78 is 10.8. The second kappa shape index (κ2) is 7.59. The third-order valence-corrected chi connectivity index (χ3v) is 4.35. The normalized spacial score (nSPS) is 11.8. The summed E-state index contributed by atoms with van der Waals surface area (Å²) >= 11 is 6.24. The number of aromatic nitrogens is 1. The number of rotatable bonds is 6. The van der Waals surface area contributed by atoms with Crippen molar-refractivity contribution in [3.05, 3.63) is 74.6 Å². The van der Waals surface area contributed by atoms with Gasteiger partial charge in [0.1, 0.15) is 17.8 Å². The molecule has 0 aliphatic rings. The van der Waals surface area contributed by atoms with Crippen LogP contribution in [-0.4, -0.2) is 23.3 Å². The summed E-state index contributed by atoms with van der Waals surface area (Å²) in [5.74, 6) is -0.0879. The molecular formula is C19H15ClN2O5. The second-order valence-electron chi connectivity index (χ2n) is 5.89. The largest absolute Gasteiger partial charge is 0.496 e. The molecule has 3 aromatic rings. The van der Waals surface area contributed by atoms with E-state index in [4.69, 9.17) is 20.8 Å². The third-order valence-electron chi connectivity index (χ3n) is 4.04. The lowest BCUT2D eigenvalue weighted by Crippen LogP contribution is -2.03. The fraction of sp³-hybridized carbons (Fsp3) is 0.158. The van der Waals surface area contributed by atoms with Gasteiger partial charge in [0.2, 0.25) is 5.89 Å². The first-order valence-electron chi connectivity index (χ1n) is 7.94. The van der Waals surface area contributed by atoms with Crippen LogP contribution in [0.25, 0.3) is 11.5 Å². The van der Waals surface area contributed by atoms with E-state index in [0.29, 0.717) is 22.4 Å². The van der Waals surface area contributed by atoms with E-state index >= 15 is 0 Å². The molecule has 0 fully saturated rings. The number of halogens is 1. The molecule has 2 aromatic carbocycles. The molecule has 8 heteroatoms. The van der Waals surface area contributed by atoms with Gasteiger partial charge in [0.15, 0.2) is 0 Å². The van der Waals surface area contributed by atoms with Crippen molar-refractivity contribution in [3.63, 3.8) is 0 Å². The predicted molar refractivity (Wildman–Crippen MR) is 99.2 cm³/mol. The van der Waals surface area contributed by atoms with Crippen molar-refractivity contribution < 1.29 is 18.9 Å². The molecule has 1 atom stereocenters. The smallest absolute Gasteiger partial charge is 0.273 e. The van der Waals surface area contributed by atoms with Gasteiger partial charge in [0, 0.05) is 6.07 Å². The van der Waals surface area contributed by atoms with Gasteiger partial charge in [-0.05, 0) is 36.2 Å². The van der Waals surface area contributed by atoms with Crippen LogP contribution in [0.3, 0.4) is 0 Å². The number of oxazole rings is 1. The van der Waals surface area contributed by atoms with Crippen molar-refractivity contribution in [3.8, 4) is 17.2 Å². The molecule has 0 spiro atoms. The monoisotopic (exact) mass is 386 g/mol. The number of nitro groups is 1. The van der Waals surface area contributed by atoms with Gasteiger partial charge in [-0.1, -0.05) is 17.7 Å². The highest BCUT2D eigenvalue weighted by atomic mass is 35.5. The van der Waals surface area contributed by atoms with E-state index in [1.54, 1.807) is 18.2 Å². The second-order valence-corrected chi connectivity index (χ2v) is 6.29. The number of non-ortho nitro benzene ring substituents is 1. The third kappa shape index (κ3) is 3.83. The number of aldehydes is 1. The van der Waals surface area contributed by atoms with E-state index in [-0.39, 0.29) is 23.1 Å². The number of nitro benzene ring substituents is 1. The Labute approximate surface area is 159 Å². The number of carbonyl (C=O) groups excluding carboxylic acids is 1. The highest BCUT2D eigenvalue weighted by molar-refractivity contribution is 6.33. The zero-order chi connectivity index (χ0) is 19.6. The van der Waals surface area contributed by atoms with Crippen LogP contribution in [0.4, 0.5) is 5.69 Å². The van der Waals surface area contributed by atoms with Crippen LogP contribution in [0.15, 0.2) is 47.0 Å². The summed E-state index contributed by atoms with van der Waals surface area (Å²) in [4.78, 5) is 26.5. The van der Waals surface area contributed by atoms with Crippen molar-refractivity contribution in [1.29, 1.82) is 0 Å². The number of benzene rings is 2. The Morgan fingerprint density at radius 2 is 2.07 bits per heavy atom. The first-order valence-corrected chi connectivity index (χ1v) is 8.31. The average Bonchev–Trinajstić information content (AvgIpc) is 3.11. The molecular weight excluding hydrogens is 372 g/mol. The van der Waals surface area contributed by atoms with E-state index in [1.807, 2.05) is 13.0 Å². The maximum Gasteiger partial charge on any atom is 0.273 e. The maximum absolute atomic E-state index is 11.7. The Morgan fingerprint density at radius 1 is 1.30 bits per heavy atom. The number of hydrogen-bond donors (Lipinski definition) is 0. The average molecular weight is 387 g/mol. The van der Waals surface area contributed by atoms with Crippen molar-refractivity contribution in [2.24, 2.45) is 0 Å². The van der Waals surface area contributed by atoms with Crippen LogP contribution in [0.2, 0.25) is 5.02 Å². The van der Waals surface area contributed by atoms with E-state index in [0.717, 1.165) is 5.56 Å². The van der Waals surface area contributed by atoms with Gasteiger partial charge in [-0.15, -0.1) is 0 Å². The van der Waals surface area contributed by atoms with Gasteiger partial charge >= 0.3 is 0 Å².